The number of carbonyl (C=O) groups is 1. The molecule has 2 rings (SSSR count). The van der Waals surface area contributed by atoms with Gasteiger partial charge in [-0.2, -0.15) is 0 Å². The van der Waals surface area contributed by atoms with E-state index in [1.165, 1.54) is 11.1 Å². The third-order valence-electron chi connectivity index (χ3n) is 3.74. The van der Waals surface area contributed by atoms with E-state index >= 15 is 0 Å². The molecule has 0 spiro atoms. The zero-order valence-electron chi connectivity index (χ0n) is 14.2. The Bertz CT molecular complexity index is 704. The highest BCUT2D eigenvalue weighted by Crippen LogP contribution is 2.16. The first-order chi connectivity index (χ1) is 12.1. The lowest BCUT2D eigenvalue weighted by molar-refractivity contribution is -0.116. The fourth-order valence-corrected chi connectivity index (χ4v) is 2.42. The molecule has 0 saturated carbocycles. The van der Waals surface area contributed by atoms with Gasteiger partial charge in [-0.15, -0.1) is 0 Å². The van der Waals surface area contributed by atoms with Crippen molar-refractivity contribution < 1.29 is 4.79 Å². The molecule has 0 unspecified atom stereocenters. The average Bonchev–Trinajstić information content (AvgIpc) is 2.60. The van der Waals surface area contributed by atoms with Crippen LogP contribution in [0.15, 0.2) is 53.5 Å². The van der Waals surface area contributed by atoms with Gasteiger partial charge < -0.3 is 22.5 Å². The molecular weight excluding hydrogens is 314 g/mol. The van der Waals surface area contributed by atoms with E-state index < -0.39 is 0 Å². The van der Waals surface area contributed by atoms with Crippen molar-refractivity contribution in [2.45, 2.75) is 25.7 Å². The maximum atomic E-state index is 11.7. The minimum Gasteiger partial charge on any atom is -0.370 e. The molecule has 0 fully saturated rings. The molecule has 7 N–H and O–H groups in total. The zero-order chi connectivity index (χ0) is 18.1. The predicted octanol–water partition coefficient (Wildman–Crippen LogP) is 2.05. The highest BCUT2D eigenvalue weighted by molar-refractivity contribution is 5.90. The normalized spacial score (nSPS) is 10.3. The largest absolute Gasteiger partial charge is 0.370 e. The van der Waals surface area contributed by atoms with Crippen LogP contribution in [0.5, 0.6) is 0 Å². The SMILES string of the molecule is NCCCC(=O)Nc1ccc(CCc2ccc(N=C(N)N)cc2)cc1. The Balaban J connectivity index is 1.85. The molecule has 0 atom stereocenters. The molecule has 0 aliphatic carbocycles. The van der Waals surface area contributed by atoms with Gasteiger partial charge in [0, 0.05) is 12.1 Å². The van der Waals surface area contributed by atoms with E-state index in [2.05, 4.69) is 10.3 Å². The van der Waals surface area contributed by atoms with E-state index in [-0.39, 0.29) is 11.9 Å². The predicted molar refractivity (Wildman–Crippen MR) is 103 cm³/mol. The number of anilines is 1. The van der Waals surface area contributed by atoms with Crippen LogP contribution in [-0.4, -0.2) is 18.4 Å². The first-order valence-corrected chi connectivity index (χ1v) is 8.34. The topological polar surface area (TPSA) is 120 Å². The molecular formula is C19H25N5O. The second-order valence-electron chi connectivity index (χ2n) is 5.84. The van der Waals surface area contributed by atoms with Crippen molar-refractivity contribution in [2.24, 2.45) is 22.2 Å². The lowest BCUT2D eigenvalue weighted by Gasteiger charge is -2.07. The number of carbonyl (C=O) groups excluding carboxylic acids is 1. The van der Waals surface area contributed by atoms with E-state index in [0.29, 0.717) is 19.4 Å². The van der Waals surface area contributed by atoms with Crippen LogP contribution in [0.25, 0.3) is 0 Å². The number of aliphatic imine (C=N–C) groups is 1. The fraction of sp³-hybridized carbons (Fsp3) is 0.263. The number of nitrogens with zero attached hydrogens (tertiary/aromatic N) is 1. The number of nitrogens with two attached hydrogens (primary N) is 3. The van der Waals surface area contributed by atoms with Gasteiger partial charge in [-0.1, -0.05) is 24.3 Å². The number of hydrogen-bond acceptors (Lipinski definition) is 3. The first kappa shape index (κ1) is 18.5. The molecule has 0 bridgehead atoms. The van der Waals surface area contributed by atoms with E-state index in [4.69, 9.17) is 17.2 Å². The molecule has 0 aromatic heterocycles. The van der Waals surface area contributed by atoms with Crippen LogP contribution in [0.4, 0.5) is 11.4 Å². The first-order valence-electron chi connectivity index (χ1n) is 8.34. The maximum Gasteiger partial charge on any atom is 0.224 e. The van der Waals surface area contributed by atoms with Crippen molar-refractivity contribution in [3.05, 3.63) is 59.7 Å². The van der Waals surface area contributed by atoms with Gasteiger partial charge in [-0.3, -0.25) is 4.79 Å². The molecule has 6 heteroatoms. The summed E-state index contributed by atoms with van der Waals surface area (Å²) in [7, 11) is 0. The Morgan fingerprint density at radius 2 is 1.48 bits per heavy atom. The van der Waals surface area contributed by atoms with Crippen LogP contribution in [0.2, 0.25) is 0 Å². The van der Waals surface area contributed by atoms with Gasteiger partial charge in [0.25, 0.3) is 0 Å². The van der Waals surface area contributed by atoms with Crippen molar-refractivity contribution in [3.63, 3.8) is 0 Å². The van der Waals surface area contributed by atoms with Crippen LogP contribution in [0.3, 0.4) is 0 Å². The maximum absolute atomic E-state index is 11.7. The molecule has 6 nitrogen and oxygen atoms in total. The summed E-state index contributed by atoms with van der Waals surface area (Å²) in [6.45, 7) is 0.527. The van der Waals surface area contributed by atoms with Gasteiger partial charge in [0.15, 0.2) is 5.96 Å². The molecule has 25 heavy (non-hydrogen) atoms. The molecule has 0 aliphatic heterocycles. The van der Waals surface area contributed by atoms with Gasteiger partial charge in [-0.25, -0.2) is 4.99 Å². The van der Waals surface area contributed by atoms with Gasteiger partial charge in [0.2, 0.25) is 5.91 Å². The summed E-state index contributed by atoms with van der Waals surface area (Å²) >= 11 is 0. The van der Waals surface area contributed by atoms with E-state index in [9.17, 15) is 4.79 Å². The number of amides is 1. The standard InChI is InChI=1S/C19H25N5O/c20-13-1-2-18(25)23-16-9-5-14(6-10-16)3-4-15-7-11-17(12-8-15)24-19(21)22/h5-12H,1-4,13,20H2,(H,23,25)(H4,21,22,24). The second-order valence-corrected chi connectivity index (χ2v) is 5.84. The van der Waals surface area contributed by atoms with Gasteiger partial charge >= 0.3 is 0 Å². The third-order valence-corrected chi connectivity index (χ3v) is 3.74. The average molecular weight is 339 g/mol. The van der Waals surface area contributed by atoms with Gasteiger partial charge in [-0.05, 0) is 61.2 Å². The Hall–Kier alpha value is -2.86. The smallest absolute Gasteiger partial charge is 0.224 e. The Kier molecular flexibility index (Phi) is 6.98. The lowest BCUT2D eigenvalue weighted by atomic mass is 10.0. The Morgan fingerprint density at radius 1 is 0.920 bits per heavy atom. The summed E-state index contributed by atoms with van der Waals surface area (Å²) in [6.07, 6.45) is 2.99. The molecule has 2 aromatic carbocycles. The van der Waals surface area contributed by atoms with Crippen molar-refractivity contribution in [3.8, 4) is 0 Å². The summed E-state index contributed by atoms with van der Waals surface area (Å²) in [5.74, 6) is 0.0574. The molecule has 0 aliphatic rings. The summed E-state index contributed by atoms with van der Waals surface area (Å²) in [6, 6.07) is 15.8. The number of hydrogen-bond donors (Lipinski definition) is 4. The molecule has 132 valence electrons. The highest BCUT2D eigenvalue weighted by atomic mass is 16.1. The molecule has 0 radical (unpaired) electrons. The van der Waals surface area contributed by atoms with E-state index in [1.54, 1.807) is 0 Å². The minimum absolute atomic E-state index is 0.000866. The van der Waals surface area contributed by atoms with Crippen LogP contribution in [0, 0.1) is 0 Å². The zero-order valence-corrected chi connectivity index (χ0v) is 14.2. The minimum atomic E-state index is -0.000866. The van der Waals surface area contributed by atoms with Crippen LogP contribution >= 0.6 is 0 Å². The number of nitrogens with one attached hydrogen (secondary N) is 1. The van der Waals surface area contributed by atoms with E-state index in [1.807, 2.05) is 48.5 Å². The van der Waals surface area contributed by atoms with Gasteiger partial charge in [0.1, 0.15) is 0 Å². The quantitative estimate of drug-likeness (QED) is 0.434. The van der Waals surface area contributed by atoms with Gasteiger partial charge in [0.05, 0.1) is 5.69 Å². The van der Waals surface area contributed by atoms with Crippen LogP contribution in [0.1, 0.15) is 24.0 Å². The number of guanidine groups is 1. The van der Waals surface area contributed by atoms with Crippen molar-refractivity contribution in [2.75, 3.05) is 11.9 Å². The number of aryl methyl sites for hydroxylation is 2. The summed E-state index contributed by atoms with van der Waals surface area (Å²) in [4.78, 5) is 15.7. The lowest BCUT2D eigenvalue weighted by Crippen LogP contribution is -2.21. The van der Waals surface area contributed by atoms with Crippen LogP contribution < -0.4 is 22.5 Å². The summed E-state index contributed by atoms with van der Waals surface area (Å²) in [5, 5.41) is 2.87. The molecule has 1 amide bonds. The van der Waals surface area contributed by atoms with Crippen LogP contribution in [-0.2, 0) is 17.6 Å². The molecule has 0 saturated heterocycles. The third kappa shape index (κ3) is 6.64. The van der Waals surface area contributed by atoms with Crippen molar-refractivity contribution in [1.82, 2.24) is 0 Å². The highest BCUT2D eigenvalue weighted by Gasteiger charge is 2.02. The fourth-order valence-electron chi connectivity index (χ4n) is 2.42. The molecule has 2 aromatic rings. The monoisotopic (exact) mass is 339 g/mol. The Labute approximate surface area is 148 Å². The van der Waals surface area contributed by atoms with E-state index in [0.717, 1.165) is 24.2 Å². The second kappa shape index (κ2) is 9.44. The molecule has 0 heterocycles. The number of rotatable bonds is 8. The van der Waals surface area contributed by atoms with Crippen molar-refractivity contribution >= 4 is 23.2 Å². The van der Waals surface area contributed by atoms with Crippen molar-refractivity contribution in [1.29, 1.82) is 0 Å². The number of benzene rings is 2. The Morgan fingerprint density at radius 3 is 2.00 bits per heavy atom. The summed E-state index contributed by atoms with van der Waals surface area (Å²) < 4.78 is 0. The summed E-state index contributed by atoms with van der Waals surface area (Å²) in [5.41, 5.74) is 20.1.